The van der Waals surface area contributed by atoms with Gasteiger partial charge in [0, 0.05) is 25.2 Å². The van der Waals surface area contributed by atoms with Gasteiger partial charge in [-0.15, -0.1) is 6.42 Å². The fourth-order valence-electron chi connectivity index (χ4n) is 2.67. The summed E-state index contributed by atoms with van der Waals surface area (Å²) >= 11 is 0. The molecule has 1 fully saturated rings. The maximum Gasteiger partial charge on any atom is 0.0715 e. The Morgan fingerprint density at radius 2 is 2.12 bits per heavy atom. The van der Waals surface area contributed by atoms with E-state index in [1.165, 1.54) is 12.8 Å². The van der Waals surface area contributed by atoms with Gasteiger partial charge >= 0.3 is 0 Å². The summed E-state index contributed by atoms with van der Waals surface area (Å²) < 4.78 is 0. The molecular formula is C15H28N2. The maximum absolute atomic E-state index is 5.72. The number of nitrogens with zero attached hydrogens (tertiary/aromatic N) is 1. The molecule has 1 rings (SSSR count). The van der Waals surface area contributed by atoms with Crippen LogP contribution in [0.1, 0.15) is 47.0 Å². The first kappa shape index (κ1) is 14.5. The Bertz CT molecular complexity index is 254. The molecule has 0 aromatic rings. The third-order valence-electron chi connectivity index (χ3n) is 3.92. The Labute approximate surface area is 107 Å². The van der Waals surface area contributed by atoms with Gasteiger partial charge in [0.25, 0.3) is 0 Å². The molecule has 3 atom stereocenters. The highest BCUT2D eigenvalue weighted by Gasteiger charge is 2.31. The molecule has 0 aromatic carbocycles. The predicted octanol–water partition coefficient (Wildman–Crippen LogP) is 2.50. The third-order valence-corrected chi connectivity index (χ3v) is 3.92. The molecule has 0 amide bonds. The van der Waals surface area contributed by atoms with Crippen LogP contribution >= 0.6 is 0 Å². The van der Waals surface area contributed by atoms with Gasteiger partial charge in [-0.2, -0.15) is 0 Å². The summed E-state index contributed by atoms with van der Waals surface area (Å²) in [6.07, 6.45) is 9.19. The van der Waals surface area contributed by atoms with Crippen molar-refractivity contribution in [3.05, 3.63) is 0 Å². The molecule has 0 aromatic heterocycles. The van der Waals surface area contributed by atoms with Gasteiger partial charge in [-0.05, 0) is 18.8 Å². The summed E-state index contributed by atoms with van der Waals surface area (Å²) in [5, 5.41) is 3.66. The van der Waals surface area contributed by atoms with Crippen molar-refractivity contribution in [1.29, 1.82) is 0 Å². The molecule has 1 saturated heterocycles. The molecule has 0 radical (unpaired) electrons. The Kier molecular flexibility index (Phi) is 6.02. The van der Waals surface area contributed by atoms with Crippen LogP contribution in [0, 0.1) is 18.3 Å². The second kappa shape index (κ2) is 7.03. The maximum atomic E-state index is 5.72. The second-order valence-corrected chi connectivity index (χ2v) is 5.49. The van der Waals surface area contributed by atoms with Gasteiger partial charge in [0.05, 0.1) is 6.04 Å². The summed E-state index contributed by atoms with van der Waals surface area (Å²) in [5.74, 6) is 3.67. The van der Waals surface area contributed by atoms with Crippen molar-refractivity contribution in [2.24, 2.45) is 5.92 Å². The molecule has 0 saturated carbocycles. The number of terminal acetylenes is 1. The first-order valence-corrected chi connectivity index (χ1v) is 7.09. The van der Waals surface area contributed by atoms with Crippen LogP contribution < -0.4 is 5.32 Å². The number of hydrogen-bond acceptors (Lipinski definition) is 2. The minimum atomic E-state index is 0.327. The van der Waals surface area contributed by atoms with E-state index in [2.05, 4.69) is 43.8 Å². The zero-order valence-corrected chi connectivity index (χ0v) is 11.9. The van der Waals surface area contributed by atoms with Crippen molar-refractivity contribution in [1.82, 2.24) is 10.2 Å². The lowest BCUT2D eigenvalue weighted by molar-refractivity contribution is 0.0846. The molecule has 1 aliphatic heterocycles. The molecule has 98 valence electrons. The number of hydrogen-bond donors (Lipinski definition) is 1. The molecule has 0 spiro atoms. The Balaban J connectivity index is 2.71. The lowest BCUT2D eigenvalue weighted by Gasteiger charge is -2.44. The first-order chi connectivity index (χ1) is 8.13. The van der Waals surface area contributed by atoms with Crippen LogP contribution in [0.25, 0.3) is 0 Å². The van der Waals surface area contributed by atoms with Crippen LogP contribution in [0.2, 0.25) is 0 Å². The molecule has 2 nitrogen and oxygen atoms in total. The van der Waals surface area contributed by atoms with E-state index in [0.29, 0.717) is 24.0 Å². The van der Waals surface area contributed by atoms with E-state index in [4.69, 9.17) is 6.42 Å². The molecule has 0 aliphatic carbocycles. The number of nitrogens with one attached hydrogen (secondary N) is 1. The second-order valence-electron chi connectivity index (χ2n) is 5.49. The Morgan fingerprint density at radius 1 is 1.41 bits per heavy atom. The van der Waals surface area contributed by atoms with Crippen LogP contribution in [-0.4, -0.2) is 36.1 Å². The van der Waals surface area contributed by atoms with Crippen LogP contribution in [0.3, 0.4) is 0 Å². The summed E-state index contributed by atoms with van der Waals surface area (Å²) in [7, 11) is 0. The molecule has 1 aliphatic rings. The molecule has 17 heavy (non-hydrogen) atoms. The molecule has 1 N–H and O–H groups in total. The van der Waals surface area contributed by atoms with Gasteiger partial charge in [0.15, 0.2) is 0 Å². The highest BCUT2D eigenvalue weighted by Crippen LogP contribution is 2.19. The normalized spacial score (nSPS) is 28.0. The zero-order chi connectivity index (χ0) is 12.8. The number of rotatable bonds is 5. The Morgan fingerprint density at radius 3 is 2.59 bits per heavy atom. The molecule has 0 bridgehead atoms. The van der Waals surface area contributed by atoms with Gasteiger partial charge < -0.3 is 5.32 Å². The Hall–Kier alpha value is -0.520. The van der Waals surface area contributed by atoms with E-state index < -0.39 is 0 Å². The standard InChI is InChI=1S/C15H28N2/c1-6-9-13(7-2)17-11-15(12(4)5)16-10-14(17)8-3/h2,12-16H,6,8-11H2,1,3-5H3. The monoisotopic (exact) mass is 236 g/mol. The van der Waals surface area contributed by atoms with Crippen LogP contribution in [0.4, 0.5) is 0 Å². The van der Waals surface area contributed by atoms with E-state index in [1.807, 2.05) is 0 Å². The smallest absolute Gasteiger partial charge is 0.0715 e. The van der Waals surface area contributed by atoms with E-state index in [-0.39, 0.29) is 0 Å². The highest BCUT2D eigenvalue weighted by molar-refractivity contribution is 5.04. The van der Waals surface area contributed by atoms with E-state index in [9.17, 15) is 0 Å². The van der Waals surface area contributed by atoms with Crippen molar-refractivity contribution in [2.75, 3.05) is 13.1 Å². The van der Waals surface area contributed by atoms with Crippen LogP contribution in [0.15, 0.2) is 0 Å². The van der Waals surface area contributed by atoms with Crippen molar-refractivity contribution in [3.63, 3.8) is 0 Å². The molecule has 3 unspecified atom stereocenters. The minimum Gasteiger partial charge on any atom is -0.311 e. The van der Waals surface area contributed by atoms with Crippen molar-refractivity contribution >= 4 is 0 Å². The molecule has 2 heteroatoms. The number of piperazine rings is 1. The quantitative estimate of drug-likeness (QED) is 0.738. The fraction of sp³-hybridized carbons (Fsp3) is 0.867. The average Bonchev–Trinajstić information content (AvgIpc) is 2.35. The lowest BCUT2D eigenvalue weighted by atomic mass is 9.96. The lowest BCUT2D eigenvalue weighted by Crippen LogP contribution is -2.60. The van der Waals surface area contributed by atoms with Crippen LogP contribution in [0.5, 0.6) is 0 Å². The summed E-state index contributed by atoms with van der Waals surface area (Å²) in [6, 6.07) is 1.52. The average molecular weight is 236 g/mol. The summed E-state index contributed by atoms with van der Waals surface area (Å²) in [5.41, 5.74) is 0. The van der Waals surface area contributed by atoms with Crippen molar-refractivity contribution < 1.29 is 0 Å². The van der Waals surface area contributed by atoms with Gasteiger partial charge in [-0.3, -0.25) is 4.90 Å². The van der Waals surface area contributed by atoms with Gasteiger partial charge in [-0.1, -0.05) is 40.0 Å². The topological polar surface area (TPSA) is 15.3 Å². The van der Waals surface area contributed by atoms with Gasteiger partial charge in [0.2, 0.25) is 0 Å². The van der Waals surface area contributed by atoms with E-state index >= 15 is 0 Å². The van der Waals surface area contributed by atoms with Crippen molar-refractivity contribution in [3.8, 4) is 12.3 Å². The van der Waals surface area contributed by atoms with Crippen molar-refractivity contribution in [2.45, 2.75) is 65.1 Å². The summed E-state index contributed by atoms with van der Waals surface area (Å²) in [4.78, 5) is 2.56. The predicted molar refractivity (Wildman–Crippen MR) is 74.9 cm³/mol. The summed E-state index contributed by atoms with van der Waals surface area (Å²) in [6.45, 7) is 11.2. The van der Waals surface area contributed by atoms with E-state index in [1.54, 1.807) is 0 Å². The minimum absolute atomic E-state index is 0.327. The largest absolute Gasteiger partial charge is 0.311 e. The molecule has 1 heterocycles. The van der Waals surface area contributed by atoms with Crippen LogP contribution in [-0.2, 0) is 0 Å². The molecular weight excluding hydrogens is 208 g/mol. The third kappa shape index (κ3) is 3.72. The highest BCUT2D eigenvalue weighted by atomic mass is 15.3. The van der Waals surface area contributed by atoms with E-state index in [0.717, 1.165) is 19.5 Å². The van der Waals surface area contributed by atoms with Gasteiger partial charge in [-0.25, -0.2) is 0 Å². The first-order valence-electron chi connectivity index (χ1n) is 7.09. The zero-order valence-electron chi connectivity index (χ0n) is 11.9. The SMILES string of the molecule is C#CC(CCC)N1CC(C(C)C)NCC1CC. The fourth-order valence-corrected chi connectivity index (χ4v) is 2.67. The van der Waals surface area contributed by atoms with Gasteiger partial charge in [0.1, 0.15) is 0 Å².